The minimum Gasteiger partial charge on any atom is -0.268 e. The predicted octanol–water partition coefficient (Wildman–Crippen LogP) is 6.03. The first-order valence-electron chi connectivity index (χ1n) is 9.25. The molecule has 0 spiro atoms. The third-order valence-corrected chi connectivity index (χ3v) is 5.72. The molecule has 0 unspecified atom stereocenters. The van der Waals surface area contributed by atoms with E-state index in [1.807, 2.05) is 24.3 Å². The number of benzene rings is 3. The van der Waals surface area contributed by atoms with E-state index in [2.05, 4.69) is 27.6 Å². The van der Waals surface area contributed by atoms with Crippen LogP contribution in [0.25, 0.3) is 28.7 Å². The molecular formula is C23H15ClIN3O3. The monoisotopic (exact) mass is 543 g/mol. The molecular weight excluding hydrogens is 529 g/mol. The maximum absolute atomic E-state index is 13.5. The Hall–Kier alpha value is -3.04. The predicted molar refractivity (Wildman–Crippen MR) is 132 cm³/mol. The Bertz CT molecular complexity index is 1410. The van der Waals surface area contributed by atoms with Crippen molar-refractivity contribution in [2.75, 3.05) is 0 Å². The summed E-state index contributed by atoms with van der Waals surface area (Å²) in [6.45, 7) is 1.80. The molecule has 4 aromatic rings. The van der Waals surface area contributed by atoms with Crippen molar-refractivity contribution < 1.29 is 4.92 Å². The van der Waals surface area contributed by atoms with E-state index in [-0.39, 0.29) is 11.2 Å². The van der Waals surface area contributed by atoms with Crippen LogP contribution in [0.1, 0.15) is 17.0 Å². The van der Waals surface area contributed by atoms with Crippen molar-refractivity contribution >= 4 is 62.9 Å². The highest BCUT2D eigenvalue weighted by atomic mass is 127. The topological polar surface area (TPSA) is 78.0 Å². The number of nitro benzene ring substituents is 1. The Morgan fingerprint density at radius 3 is 2.52 bits per heavy atom. The Balaban J connectivity index is 2.00. The second-order valence-corrected chi connectivity index (χ2v) is 8.57. The van der Waals surface area contributed by atoms with Gasteiger partial charge in [-0.25, -0.2) is 4.98 Å². The van der Waals surface area contributed by atoms with Crippen molar-refractivity contribution in [3.63, 3.8) is 0 Å². The molecule has 0 aliphatic rings. The van der Waals surface area contributed by atoms with Crippen LogP contribution in [0.2, 0.25) is 5.02 Å². The molecule has 8 heteroatoms. The lowest BCUT2D eigenvalue weighted by atomic mass is 10.1. The molecule has 4 rings (SSSR count). The number of halogens is 2. The van der Waals surface area contributed by atoms with Gasteiger partial charge in [0.2, 0.25) is 0 Å². The fourth-order valence-electron chi connectivity index (χ4n) is 3.22. The quantitative estimate of drug-likeness (QED) is 0.179. The van der Waals surface area contributed by atoms with Crippen molar-refractivity contribution in [1.29, 1.82) is 0 Å². The summed E-state index contributed by atoms with van der Waals surface area (Å²) < 4.78 is 2.32. The number of non-ortho nitro benzene ring substituents is 1. The molecule has 0 bridgehead atoms. The van der Waals surface area contributed by atoms with Crippen LogP contribution in [0.5, 0.6) is 0 Å². The van der Waals surface area contributed by atoms with Gasteiger partial charge in [-0.05, 0) is 77.0 Å². The van der Waals surface area contributed by atoms with Gasteiger partial charge in [0.15, 0.2) is 0 Å². The summed E-state index contributed by atoms with van der Waals surface area (Å²) in [5.74, 6) is 0.372. The van der Waals surface area contributed by atoms with Crippen LogP contribution in [0.3, 0.4) is 0 Å². The molecule has 0 aliphatic carbocycles. The summed E-state index contributed by atoms with van der Waals surface area (Å²) in [5.41, 5.74) is 2.19. The van der Waals surface area contributed by atoms with Gasteiger partial charge in [-0.1, -0.05) is 35.9 Å². The average Bonchev–Trinajstić information content (AvgIpc) is 2.74. The Morgan fingerprint density at radius 1 is 1.06 bits per heavy atom. The van der Waals surface area contributed by atoms with Gasteiger partial charge in [0.25, 0.3) is 11.2 Å². The number of nitrogens with zero attached hydrogens (tertiary/aromatic N) is 3. The maximum atomic E-state index is 13.5. The molecule has 6 nitrogen and oxygen atoms in total. The molecule has 0 amide bonds. The van der Waals surface area contributed by atoms with Crippen molar-refractivity contribution in [2.24, 2.45) is 0 Å². The van der Waals surface area contributed by atoms with Crippen molar-refractivity contribution in [3.8, 4) is 5.69 Å². The first-order valence-corrected chi connectivity index (χ1v) is 10.7. The molecule has 3 aromatic carbocycles. The second-order valence-electron chi connectivity index (χ2n) is 6.88. The third-order valence-electron chi connectivity index (χ3n) is 4.80. The minimum atomic E-state index is -0.478. The number of hydrogen-bond donors (Lipinski definition) is 0. The Labute approximate surface area is 196 Å². The SMILES string of the molecule is Cc1ccc([N+](=O)[O-])cc1-n1c(C=Cc2ccc(Cl)cc2)nc2ccc(I)cc2c1=O. The van der Waals surface area contributed by atoms with Crippen LogP contribution < -0.4 is 5.56 Å². The van der Waals surface area contributed by atoms with Crippen LogP contribution in [0.4, 0.5) is 5.69 Å². The lowest BCUT2D eigenvalue weighted by molar-refractivity contribution is -0.384. The van der Waals surface area contributed by atoms with Gasteiger partial charge in [0.05, 0.1) is 21.5 Å². The van der Waals surface area contributed by atoms with Gasteiger partial charge in [-0.3, -0.25) is 19.5 Å². The van der Waals surface area contributed by atoms with E-state index in [1.165, 1.54) is 16.7 Å². The van der Waals surface area contributed by atoms with Crippen molar-refractivity contribution in [3.05, 3.63) is 107 Å². The normalized spacial score (nSPS) is 11.3. The van der Waals surface area contributed by atoms with Crippen molar-refractivity contribution in [1.82, 2.24) is 9.55 Å². The number of rotatable bonds is 4. The molecule has 154 valence electrons. The number of aryl methyl sites for hydroxylation is 1. The third kappa shape index (κ3) is 4.38. The van der Waals surface area contributed by atoms with E-state index in [1.54, 1.807) is 43.3 Å². The van der Waals surface area contributed by atoms with Gasteiger partial charge in [-0.15, -0.1) is 0 Å². The number of nitro groups is 1. The molecule has 0 atom stereocenters. The maximum Gasteiger partial charge on any atom is 0.271 e. The molecule has 0 aliphatic heterocycles. The summed E-state index contributed by atoms with van der Waals surface area (Å²) in [6.07, 6.45) is 3.54. The van der Waals surface area contributed by atoms with Crippen LogP contribution in [-0.2, 0) is 0 Å². The van der Waals surface area contributed by atoms with E-state index in [0.29, 0.717) is 27.4 Å². The zero-order valence-electron chi connectivity index (χ0n) is 16.3. The molecule has 0 fully saturated rings. The highest BCUT2D eigenvalue weighted by Crippen LogP contribution is 2.23. The fraction of sp³-hybridized carbons (Fsp3) is 0.0435. The highest BCUT2D eigenvalue weighted by molar-refractivity contribution is 14.1. The Morgan fingerprint density at radius 2 is 1.81 bits per heavy atom. The summed E-state index contributed by atoms with van der Waals surface area (Å²) in [7, 11) is 0. The summed E-state index contributed by atoms with van der Waals surface area (Å²) in [4.78, 5) is 29.0. The number of fused-ring (bicyclic) bond motifs is 1. The van der Waals surface area contributed by atoms with Gasteiger partial charge >= 0.3 is 0 Å². The van der Waals surface area contributed by atoms with Crippen LogP contribution >= 0.6 is 34.2 Å². The smallest absolute Gasteiger partial charge is 0.268 e. The molecule has 31 heavy (non-hydrogen) atoms. The minimum absolute atomic E-state index is 0.0946. The number of aromatic nitrogens is 2. The van der Waals surface area contributed by atoms with Gasteiger partial charge in [-0.2, -0.15) is 0 Å². The first kappa shape index (κ1) is 21.2. The van der Waals surface area contributed by atoms with Gasteiger partial charge < -0.3 is 0 Å². The average molecular weight is 544 g/mol. The fourth-order valence-corrected chi connectivity index (χ4v) is 3.83. The van der Waals surface area contributed by atoms with E-state index in [4.69, 9.17) is 11.6 Å². The largest absolute Gasteiger partial charge is 0.271 e. The van der Waals surface area contributed by atoms with Crippen LogP contribution in [0, 0.1) is 20.6 Å². The zero-order valence-corrected chi connectivity index (χ0v) is 19.2. The summed E-state index contributed by atoms with van der Waals surface area (Å²) in [5, 5.41) is 12.4. The van der Waals surface area contributed by atoms with E-state index in [0.717, 1.165) is 14.7 Å². The molecule has 0 saturated carbocycles. The zero-order chi connectivity index (χ0) is 22.1. The molecule has 1 aromatic heterocycles. The second kappa shape index (κ2) is 8.60. The number of hydrogen-bond acceptors (Lipinski definition) is 4. The van der Waals surface area contributed by atoms with E-state index >= 15 is 0 Å². The van der Waals surface area contributed by atoms with Crippen LogP contribution in [0.15, 0.2) is 65.5 Å². The Kier molecular flexibility index (Phi) is 5.88. The first-order chi connectivity index (χ1) is 14.8. The highest BCUT2D eigenvalue weighted by Gasteiger charge is 2.16. The van der Waals surface area contributed by atoms with Gasteiger partial charge in [0, 0.05) is 20.7 Å². The lowest BCUT2D eigenvalue weighted by Gasteiger charge is -2.14. The molecule has 0 radical (unpaired) electrons. The molecule has 0 saturated heterocycles. The molecule has 1 heterocycles. The van der Waals surface area contributed by atoms with E-state index < -0.39 is 4.92 Å². The summed E-state index contributed by atoms with van der Waals surface area (Å²) >= 11 is 8.09. The lowest BCUT2D eigenvalue weighted by Crippen LogP contribution is -2.23. The molecule has 0 N–H and O–H groups in total. The van der Waals surface area contributed by atoms with Crippen LogP contribution in [-0.4, -0.2) is 14.5 Å². The van der Waals surface area contributed by atoms with E-state index in [9.17, 15) is 14.9 Å². The van der Waals surface area contributed by atoms with Crippen molar-refractivity contribution in [2.45, 2.75) is 6.92 Å². The summed E-state index contributed by atoms with van der Waals surface area (Å²) in [6, 6.07) is 17.1. The van der Waals surface area contributed by atoms with Gasteiger partial charge in [0.1, 0.15) is 5.82 Å². The standard InChI is InChI=1S/C23H15ClIN3O3/c1-14-2-9-18(28(30)31)13-21(14)27-22(11-5-15-3-6-16(24)7-4-15)26-20-10-8-17(25)12-19(20)23(27)29/h2-13H,1H3.